The van der Waals surface area contributed by atoms with Gasteiger partial charge in [-0.25, -0.2) is 4.79 Å². The Morgan fingerprint density at radius 2 is 1.52 bits per heavy atom. The molecule has 0 radical (unpaired) electrons. The molecule has 1 unspecified atom stereocenters. The summed E-state index contributed by atoms with van der Waals surface area (Å²) in [7, 11) is 0. The van der Waals surface area contributed by atoms with Crippen molar-refractivity contribution in [1.82, 2.24) is 10.6 Å². The van der Waals surface area contributed by atoms with Crippen LogP contribution >= 0.6 is 0 Å². The van der Waals surface area contributed by atoms with E-state index >= 15 is 0 Å². The molecule has 176 valence electrons. The van der Waals surface area contributed by atoms with Gasteiger partial charge in [0.2, 0.25) is 5.91 Å². The lowest BCUT2D eigenvalue weighted by molar-refractivity contribution is -0.138. The molecule has 0 bridgehead atoms. The van der Waals surface area contributed by atoms with Crippen molar-refractivity contribution in [2.45, 2.75) is 58.0 Å². The third-order valence-electron chi connectivity index (χ3n) is 6.06. The van der Waals surface area contributed by atoms with Gasteiger partial charge in [0, 0.05) is 24.4 Å². The van der Waals surface area contributed by atoms with Crippen LogP contribution in [0.3, 0.4) is 0 Å². The van der Waals surface area contributed by atoms with Crippen molar-refractivity contribution in [3.05, 3.63) is 59.7 Å². The summed E-state index contributed by atoms with van der Waals surface area (Å²) in [6.45, 7) is 5.79. The number of benzene rings is 2. The highest BCUT2D eigenvalue weighted by molar-refractivity contribution is 5.79. The Kier molecular flexibility index (Phi) is 8.09. The van der Waals surface area contributed by atoms with Crippen LogP contribution in [0.5, 0.6) is 0 Å². The molecule has 0 aliphatic heterocycles. The van der Waals surface area contributed by atoms with Crippen molar-refractivity contribution in [2.75, 3.05) is 6.61 Å². The second-order valence-electron chi connectivity index (χ2n) is 8.93. The maximum Gasteiger partial charge on any atom is 0.407 e. The van der Waals surface area contributed by atoms with E-state index < -0.39 is 18.1 Å². The molecule has 7 heteroatoms. The molecule has 2 atom stereocenters. The molecular weight excluding hydrogens is 420 g/mol. The van der Waals surface area contributed by atoms with Gasteiger partial charge in [-0.1, -0.05) is 62.4 Å². The number of ether oxygens (including phenoxy) is 1. The summed E-state index contributed by atoms with van der Waals surface area (Å²) in [5.74, 6) is -1.16. The molecule has 2 aromatic rings. The summed E-state index contributed by atoms with van der Waals surface area (Å²) in [6, 6.07) is 15.6. The molecule has 0 saturated carbocycles. The van der Waals surface area contributed by atoms with Crippen LogP contribution in [0.2, 0.25) is 0 Å². The Morgan fingerprint density at radius 1 is 0.939 bits per heavy atom. The van der Waals surface area contributed by atoms with Crippen LogP contribution in [0.1, 0.15) is 57.1 Å². The lowest BCUT2D eigenvalue weighted by atomic mass is 9.98. The Balaban J connectivity index is 1.47. The summed E-state index contributed by atoms with van der Waals surface area (Å²) >= 11 is 0. The fourth-order valence-electron chi connectivity index (χ4n) is 4.18. The number of nitrogens with one attached hydrogen (secondary N) is 2. The van der Waals surface area contributed by atoms with E-state index in [1.807, 2.05) is 45.0 Å². The second kappa shape index (κ2) is 11.0. The van der Waals surface area contributed by atoms with Crippen LogP contribution in [0, 0.1) is 5.92 Å². The van der Waals surface area contributed by atoms with Gasteiger partial charge in [-0.05, 0) is 41.5 Å². The first kappa shape index (κ1) is 24.3. The topological polar surface area (TPSA) is 105 Å². The number of aliphatic carboxylic acids is 1. The third kappa shape index (κ3) is 6.34. The summed E-state index contributed by atoms with van der Waals surface area (Å²) in [6.07, 6.45) is -0.0193. The first-order valence-corrected chi connectivity index (χ1v) is 11.4. The second-order valence-corrected chi connectivity index (χ2v) is 8.93. The lowest BCUT2D eigenvalue weighted by Gasteiger charge is -2.21. The number of carbonyl (C=O) groups excluding carboxylic acids is 2. The molecule has 2 amide bonds. The number of hydrogen-bond donors (Lipinski definition) is 3. The number of hydrogen-bond acceptors (Lipinski definition) is 4. The van der Waals surface area contributed by atoms with Crippen LogP contribution in [-0.4, -0.2) is 41.8 Å². The average molecular weight is 453 g/mol. The number of carboxylic acids is 1. The third-order valence-corrected chi connectivity index (χ3v) is 6.06. The van der Waals surface area contributed by atoms with Gasteiger partial charge in [-0.3, -0.25) is 9.59 Å². The molecule has 0 aromatic heterocycles. The highest BCUT2D eigenvalue weighted by Gasteiger charge is 2.29. The molecule has 7 nitrogen and oxygen atoms in total. The fourth-order valence-corrected chi connectivity index (χ4v) is 4.18. The van der Waals surface area contributed by atoms with Gasteiger partial charge in [0.15, 0.2) is 0 Å². The van der Waals surface area contributed by atoms with Crippen molar-refractivity contribution < 1.29 is 24.2 Å². The van der Waals surface area contributed by atoms with E-state index in [1.54, 1.807) is 0 Å². The van der Waals surface area contributed by atoms with Crippen LogP contribution in [-0.2, 0) is 14.3 Å². The molecule has 1 aliphatic rings. The summed E-state index contributed by atoms with van der Waals surface area (Å²) < 4.78 is 5.54. The highest BCUT2D eigenvalue weighted by Crippen LogP contribution is 2.44. The standard InChI is InChI=1S/C26H32N2O5/c1-16(2)23(14-25(30)31)28-24(29)13-12-17(3)27-26(32)33-15-22-20-10-6-4-8-18(20)19-9-5-7-11-21(19)22/h4-11,16-17,22-23H,12-15H2,1-3H3,(H,27,32)(H,28,29)(H,30,31)/t17?,23-/m0/s1. The average Bonchev–Trinajstić information content (AvgIpc) is 3.09. The molecule has 0 heterocycles. The monoisotopic (exact) mass is 452 g/mol. The van der Waals surface area contributed by atoms with E-state index in [4.69, 9.17) is 9.84 Å². The molecule has 1 aliphatic carbocycles. The minimum absolute atomic E-state index is 0.00793. The van der Waals surface area contributed by atoms with Crippen LogP contribution in [0.25, 0.3) is 11.1 Å². The predicted octanol–water partition coefficient (Wildman–Crippen LogP) is 4.31. The number of fused-ring (bicyclic) bond motifs is 3. The Morgan fingerprint density at radius 3 is 2.06 bits per heavy atom. The zero-order valence-corrected chi connectivity index (χ0v) is 19.3. The Labute approximate surface area is 194 Å². The molecule has 0 saturated heterocycles. The molecular formula is C26H32N2O5. The van der Waals surface area contributed by atoms with Crippen molar-refractivity contribution >= 4 is 18.0 Å². The van der Waals surface area contributed by atoms with Crippen LogP contribution in [0.15, 0.2) is 48.5 Å². The number of rotatable bonds is 10. The van der Waals surface area contributed by atoms with Crippen molar-refractivity contribution in [3.8, 4) is 11.1 Å². The maximum absolute atomic E-state index is 12.4. The molecule has 0 spiro atoms. The Bertz CT molecular complexity index is 958. The van der Waals surface area contributed by atoms with Gasteiger partial charge in [-0.2, -0.15) is 0 Å². The first-order chi connectivity index (χ1) is 15.8. The lowest BCUT2D eigenvalue weighted by Crippen LogP contribution is -2.41. The predicted molar refractivity (Wildman–Crippen MR) is 126 cm³/mol. The molecule has 2 aromatic carbocycles. The molecule has 33 heavy (non-hydrogen) atoms. The summed E-state index contributed by atoms with van der Waals surface area (Å²) in [5, 5.41) is 14.5. The van der Waals surface area contributed by atoms with Gasteiger partial charge in [0.05, 0.1) is 6.42 Å². The quantitative estimate of drug-likeness (QED) is 0.498. The van der Waals surface area contributed by atoms with E-state index in [9.17, 15) is 14.4 Å². The van der Waals surface area contributed by atoms with Crippen LogP contribution in [0.4, 0.5) is 4.79 Å². The maximum atomic E-state index is 12.4. The van der Waals surface area contributed by atoms with E-state index in [-0.39, 0.29) is 43.2 Å². The normalized spacial score (nSPS) is 14.2. The van der Waals surface area contributed by atoms with Crippen molar-refractivity contribution in [2.24, 2.45) is 5.92 Å². The molecule has 3 N–H and O–H groups in total. The number of carboxylic acid groups (broad SMARTS) is 1. The van der Waals surface area contributed by atoms with Gasteiger partial charge >= 0.3 is 12.1 Å². The van der Waals surface area contributed by atoms with Crippen molar-refractivity contribution in [3.63, 3.8) is 0 Å². The number of carbonyl (C=O) groups is 3. The molecule has 3 rings (SSSR count). The van der Waals surface area contributed by atoms with Gasteiger partial charge in [0.1, 0.15) is 6.61 Å². The molecule has 0 fully saturated rings. The highest BCUT2D eigenvalue weighted by atomic mass is 16.5. The van der Waals surface area contributed by atoms with Gasteiger partial charge < -0.3 is 20.5 Å². The number of alkyl carbamates (subject to hydrolysis) is 1. The van der Waals surface area contributed by atoms with Crippen molar-refractivity contribution in [1.29, 1.82) is 0 Å². The van der Waals surface area contributed by atoms with Crippen LogP contribution < -0.4 is 10.6 Å². The first-order valence-electron chi connectivity index (χ1n) is 11.4. The van der Waals surface area contributed by atoms with E-state index in [0.717, 1.165) is 11.1 Å². The zero-order chi connectivity index (χ0) is 24.0. The minimum Gasteiger partial charge on any atom is -0.481 e. The van der Waals surface area contributed by atoms with E-state index in [1.165, 1.54) is 11.1 Å². The van der Waals surface area contributed by atoms with E-state index in [2.05, 4.69) is 34.9 Å². The van der Waals surface area contributed by atoms with E-state index in [0.29, 0.717) is 6.42 Å². The van der Waals surface area contributed by atoms with Gasteiger partial charge in [-0.15, -0.1) is 0 Å². The minimum atomic E-state index is -0.945. The Hall–Kier alpha value is -3.35. The summed E-state index contributed by atoms with van der Waals surface area (Å²) in [4.78, 5) is 35.5. The fraction of sp³-hybridized carbons (Fsp3) is 0.423. The number of amides is 2. The largest absolute Gasteiger partial charge is 0.481 e. The summed E-state index contributed by atoms with van der Waals surface area (Å²) in [5.41, 5.74) is 4.64. The van der Waals surface area contributed by atoms with Gasteiger partial charge in [0.25, 0.3) is 0 Å². The SMILES string of the molecule is CC(CCC(=O)N[C@@H](CC(=O)O)C(C)C)NC(=O)OCC1c2ccccc2-c2ccccc21. The smallest absolute Gasteiger partial charge is 0.407 e. The zero-order valence-electron chi connectivity index (χ0n) is 19.3.